The van der Waals surface area contributed by atoms with E-state index in [9.17, 15) is 4.57 Å². The lowest BCUT2D eigenvalue weighted by Gasteiger charge is -2.35. The average Bonchev–Trinajstić information content (AvgIpc) is 2.97. The SMILES string of the molecule is CC(C)[C@@H]1CCCC[C@H]1OP1(=O)Oc2ccc3ccccc3c2-c2c(ccc3ccccc23)O1. The monoisotopic (exact) mass is 472 g/mol. The topological polar surface area (TPSA) is 44.8 Å². The zero-order valence-electron chi connectivity index (χ0n) is 19.6. The van der Waals surface area contributed by atoms with Gasteiger partial charge in [-0.15, -0.1) is 0 Å². The van der Waals surface area contributed by atoms with Crippen LogP contribution in [-0.2, 0) is 9.09 Å². The van der Waals surface area contributed by atoms with Crippen LogP contribution in [0, 0.1) is 11.8 Å². The van der Waals surface area contributed by atoms with Crippen LogP contribution in [0.15, 0.2) is 72.8 Å². The molecule has 1 aliphatic heterocycles. The minimum atomic E-state index is -3.92. The summed E-state index contributed by atoms with van der Waals surface area (Å²) >= 11 is 0. The van der Waals surface area contributed by atoms with Gasteiger partial charge < -0.3 is 9.05 Å². The fourth-order valence-corrected chi connectivity index (χ4v) is 7.16. The Balaban J connectivity index is 1.55. The molecule has 0 aromatic heterocycles. The van der Waals surface area contributed by atoms with E-state index in [1.54, 1.807) is 0 Å². The summed E-state index contributed by atoms with van der Waals surface area (Å²) in [6.07, 6.45) is 4.04. The summed E-state index contributed by atoms with van der Waals surface area (Å²) in [6, 6.07) is 24.2. The van der Waals surface area contributed by atoms with Gasteiger partial charge in [-0.25, -0.2) is 4.57 Å². The van der Waals surface area contributed by atoms with Gasteiger partial charge in [-0.1, -0.05) is 87.4 Å². The van der Waals surface area contributed by atoms with Gasteiger partial charge in [-0.05, 0) is 58.4 Å². The number of benzene rings is 4. The second kappa shape index (κ2) is 8.45. The first kappa shape index (κ1) is 21.7. The molecule has 4 aromatic rings. The van der Waals surface area contributed by atoms with Gasteiger partial charge in [0.2, 0.25) is 0 Å². The molecule has 4 nitrogen and oxygen atoms in total. The fraction of sp³-hybridized carbons (Fsp3) is 0.310. The van der Waals surface area contributed by atoms with Gasteiger partial charge in [0.25, 0.3) is 0 Å². The van der Waals surface area contributed by atoms with E-state index >= 15 is 0 Å². The molecule has 0 bridgehead atoms. The van der Waals surface area contributed by atoms with E-state index in [1.165, 1.54) is 6.42 Å². The van der Waals surface area contributed by atoms with Gasteiger partial charge in [0.05, 0.1) is 6.10 Å². The van der Waals surface area contributed by atoms with Crippen molar-refractivity contribution in [3.8, 4) is 22.6 Å². The highest BCUT2D eigenvalue weighted by Gasteiger charge is 2.42. The molecule has 0 radical (unpaired) electrons. The van der Waals surface area contributed by atoms with Crippen molar-refractivity contribution in [2.75, 3.05) is 0 Å². The van der Waals surface area contributed by atoms with Crippen LogP contribution >= 0.6 is 7.82 Å². The van der Waals surface area contributed by atoms with Gasteiger partial charge in [0.1, 0.15) is 11.5 Å². The maximum atomic E-state index is 14.2. The molecule has 1 fully saturated rings. The summed E-state index contributed by atoms with van der Waals surface area (Å²) < 4.78 is 33.0. The molecule has 0 unspecified atom stereocenters. The molecule has 2 aliphatic rings. The third-order valence-corrected chi connectivity index (χ3v) is 8.70. The van der Waals surface area contributed by atoms with E-state index in [0.29, 0.717) is 23.3 Å². The van der Waals surface area contributed by atoms with E-state index in [4.69, 9.17) is 13.6 Å². The molecule has 1 heterocycles. The van der Waals surface area contributed by atoms with E-state index in [-0.39, 0.29) is 6.10 Å². The van der Waals surface area contributed by atoms with Crippen LogP contribution in [0.3, 0.4) is 0 Å². The first-order valence-electron chi connectivity index (χ1n) is 12.2. The minimum absolute atomic E-state index is 0.148. The average molecular weight is 473 g/mol. The zero-order chi connectivity index (χ0) is 23.3. The van der Waals surface area contributed by atoms with E-state index < -0.39 is 7.82 Å². The zero-order valence-corrected chi connectivity index (χ0v) is 20.5. The molecule has 0 amide bonds. The van der Waals surface area contributed by atoms with Crippen LogP contribution < -0.4 is 9.05 Å². The minimum Gasteiger partial charge on any atom is -0.394 e. The van der Waals surface area contributed by atoms with Crippen molar-refractivity contribution >= 4 is 29.4 Å². The lowest BCUT2D eigenvalue weighted by atomic mass is 9.79. The lowest BCUT2D eigenvalue weighted by Crippen LogP contribution is -2.31. The van der Waals surface area contributed by atoms with Crippen LogP contribution in [0.1, 0.15) is 39.5 Å². The van der Waals surface area contributed by atoms with Gasteiger partial charge in [-0.2, -0.15) is 0 Å². The second-order valence-corrected chi connectivity index (χ2v) is 11.3. The number of hydrogen-bond donors (Lipinski definition) is 0. The second-order valence-electron chi connectivity index (χ2n) is 9.79. The van der Waals surface area contributed by atoms with Crippen LogP contribution in [0.5, 0.6) is 11.5 Å². The summed E-state index contributed by atoms with van der Waals surface area (Å²) in [5.41, 5.74) is 1.80. The quantitative estimate of drug-likeness (QED) is 0.280. The smallest absolute Gasteiger partial charge is 0.394 e. The van der Waals surface area contributed by atoms with Crippen molar-refractivity contribution in [2.45, 2.75) is 45.6 Å². The van der Waals surface area contributed by atoms with Crippen LogP contribution in [0.25, 0.3) is 32.7 Å². The van der Waals surface area contributed by atoms with Gasteiger partial charge in [0.15, 0.2) is 0 Å². The van der Waals surface area contributed by atoms with Crippen molar-refractivity contribution in [2.24, 2.45) is 11.8 Å². The molecule has 174 valence electrons. The molecular formula is C29H29O4P. The van der Waals surface area contributed by atoms with Gasteiger partial charge >= 0.3 is 7.82 Å². The van der Waals surface area contributed by atoms with Crippen molar-refractivity contribution in [3.63, 3.8) is 0 Å². The van der Waals surface area contributed by atoms with Crippen molar-refractivity contribution < 1.29 is 18.1 Å². The van der Waals surface area contributed by atoms with E-state index in [0.717, 1.165) is 51.9 Å². The fourth-order valence-electron chi connectivity index (χ4n) is 5.66. The summed E-state index contributed by atoms with van der Waals surface area (Å²) in [5.74, 6) is 1.85. The predicted octanol–water partition coefficient (Wildman–Crippen LogP) is 8.77. The molecule has 1 aliphatic carbocycles. The maximum absolute atomic E-state index is 14.2. The highest BCUT2D eigenvalue weighted by molar-refractivity contribution is 7.49. The maximum Gasteiger partial charge on any atom is 0.587 e. The molecule has 34 heavy (non-hydrogen) atoms. The molecule has 5 heteroatoms. The molecule has 0 spiro atoms. The Labute approximate surface area is 200 Å². The Morgan fingerprint density at radius 3 is 1.85 bits per heavy atom. The summed E-state index contributed by atoms with van der Waals surface area (Å²) in [5, 5.41) is 4.25. The van der Waals surface area contributed by atoms with Crippen molar-refractivity contribution in [1.82, 2.24) is 0 Å². The Hall–Kier alpha value is -2.81. The Kier molecular flexibility index (Phi) is 5.39. The Bertz CT molecular complexity index is 1340. The Morgan fingerprint density at radius 1 is 0.765 bits per heavy atom. The number of phosphoric acid groups is 1. The molecule has 2 atom stereocenters. The van der Waals surface area contributed by atoms with Crippen molar-refractivity contribution in [3.05, 3.63) is 72.8 Å². The first-order valence-corrected chi connectivity index (χ1v) is 13.7. The molecular weight excluding hydrogens is 443 g/mol. The standard InChI is InChI=1S/C29H29O4P/c1-19(2)22-11-7-8-14-25(22)31-34(30)32-26-17-15-20-9-3-5-12-23(20)28(26)29-24-13-6-4-10-21(24)16-18-27(29)33-34/h3-6,9-10,12-13,15-19,22,25H,7-8,11,14H2,1-2H3/t22-,25+/m0/s1. The third-order valence-electron chi connectivity index (χ3n) is 7.33. The molecule has 4 aromatic carbocycles. The highest BCUT2D eigenvalue weighted by Crippen LogP contribution is 2.60. The summed E-state index contributed by atoms with van der Waals surface area (Å²) in [7, 11) is -3.92. The first-order chi connectivity index (χ1) is 16.5. The molecule has 6 rings (SSSR count). The summed E-state index contributed by atoms with van der Waals surface area (Å²) in [4.78, 5) is 0. The number of rotatable bonds is 3. The van der Waals surface area contributed by atoms with Gasteiger partial charge in [0, 0.05) is 11.1 Å². The third kappa shape index (κ3) is 3.70. The number of hydrogen-bond acceptors (Lipinski definition) is 4. The predicted molar refractivity (Wildman–Crippen MR) is 137 cm³/mol. The molecule has 0 saturated heterocycles. The normalized spacial score (nSPS) is 21.4. The van der Waals surface area contributed by atoms with E-state index in [2.05, 4.69) is 38.1 Å². The summed E-state index contributed by atoms with van der Waals surface area (Å²) in [6.45, 7) is 4.42. The Morgan fingerprint density at radius 2 is 1.29 bits per heavy atom. The number of fused-ring (bicyclic) bond motifs is 7. The van der Waals surface area contributed by atoms with Crippen LogP contribution in [0.4, 0.5) is 0 Å². The van der Waals surface area contributed by atoms with E-state index in [1.807, 2.05) is 48.5 Å². The molecule has 0 N–H and O–H groups in total. The van der Waals surface area contributed by atoms with Gasteiger partial charge in [-0.3, -0.25) is 4.52 Å². The van der Waals surface area contributed by atoms with Crippen LogP contribution in [-0.4, -0.2) is 6.10 Å². The molecule has 1 saturated carbocycles. The number of phosphoric ester groups is 1. The lowest BCUT2D eigenvalue weighted by molar-refractivity contribution is 0.0441. The van der Waals surface area contributed by atoms with Crippen LogP contribution in [0.2, 0.25) is 0 Å². The highest BCUT2D eigenvalue weighted by atomic mass is 31.2. The largest absolute Gasteiger partial charge is 0.587 e. The van der Waals surface area contributed by atoms with Crippen molar-refractivity contribution in [1.29, 1.82) is 0 Å².